The predicted molar refractivity (Wildman–Crippen MR) is 493 cm³/mol. The average Bonchev–Trinajstić information content (AvgIpc) is 1.78. The van der Waals surface area contributed by atoms with Crippen LogP contribution in [0.25, 0.3) is 21.8 Å². The molecule has 5 heterocycles. The highest BCUT2D eigenvalue weighted by molar-refractivity contribution is 8.00. The normalized spacial score (nSPS) is 25.0. The van der Waals surface area contributed by atoms with Gasteiger partial charge in [0.1, 0.15) is 84.6 Å². The molecule has 0 bridgehead atoms. The predicted octanol–water partition coefficient (Wildman–Crippen LogP) is -4.18. The summed E-state index contributed by atoms with van der Waals surface area (Å²) < 4.78 is 0. The number of amides is 17. The topological polar surface area (TPSA) is 665 Å². The summed E-state index contributed by atoms with van der Waals surface area (Å²) in [4.78, 5) is 261. The lowest BCUT2D eigenvalue weighted by molar-refractivity contribution is -0.149. The summed E-state index contributed by atoms with van der Waals surface area (Å²) in [6, 6.07) is -0.981. The first-order valence-corrected chi connectivity index (χ1v) is 46.0. The number of aromatic amines is 2. The summed E-state index contributed by atoms with van der Waals surface area (Å²) in [6.07, 6.45) is 1.43. The Kier molecular flexibility index (Phi) is 40.2. The number of nitrogens with two attached hydrogens (primary N) is 5. The third-order valence-corrected chi connectivity index (χ3v) is 24.9. The molecular weight excluding hydrogens is 1740 g/mol. The summed E-state index contributed by atoms with van der Waals surface area (Å²) >= 11 is 0.781. The number of unbranched alkanes of at least 4 members (excludes halogenated alkanes) is 2. The zero-order valence-electron chi connectivity index (χ0n) is 76.4. The molecule has 3 saturated heterocycles. The Morgan fingerprint density at radius 3 is 1.65 bits per heavy atom. The van der Waals surface area contributed by atoms with Gasteiger partial charge in [-0.3, -0.25) is 86.9 Å². The minimum Gasteiger partial charge on any atom is -0.394 e. The number of para-hydroxylation sites is 2. The summed E-state index contributed by atoms with van der Waals surface area (Å²) in [5.74, 6) is -17.8. The van der Waals surface area contributed by atoms with E-state index in [2.05, 4.69) is 68.5 Å². The van der Waals surface area contributed by atoms with Gasteiger partial charge in [-0.1, -0.05) is 114 Å². The highest BCUT2D eigenvalue weighted by Crippen LogP contribution is 2.28. The fraction of sp³-hybridized carbons (Fsp3) is 0.551. The van der Waals surface area contributed by atoms with Crippen molar-refractivity contribution in [2.75, 3.05) is 72.0 Å². The number of aliphatic hydroxyl groups excluding tert-OH is 2. The van der Waals surface area contributed by atoms with Crippen LogP contribution in [0.15, 0.2) is 85.2 Å². The molecule has 0 spiro atoms. The number of hydrogen-bond acceptors (Lipinski definition) is 23. The molecule has 17 amide bonds. The van der Waals surface area contributed by atoms with E-state index in [1.165, 1.54) is 28.1 Å². The Labute approximate surface area is 774 Å². The molecule has 133 heavy (non-hydrogen) atoms. The molecule has 0 saturated carbocycles. The van der Waals surface area contributed by atoms with Crippen LogP contribution in [0.3, 0.4) is 0 Å². The first-order chi connectivity index (χ1) is 63.3. The molecule has 3 aliphatic heterocycles. The monoisotopic (exact) mass is 1870 g/mol. The van der Waals surface area contributed by atoms with E-state index in [0.717, 1.165) is 41.8 Å². The molecule has 0 radical (unpaired) electrons. The number of carbonyl (C=O) groups excluding carboxylic acids is 17. The van der Waals surface area contributed by atoms with Crippen molar-refractivity contribution in [1.82, 2.24) is 93.0 Å². The van der Waals surface area contributed by atoms with Gasteiger partial charge in [0.05, 0.1) is 31.4 Å². The molecule has 5 aromatic rings. The Balaban J connectivity index is 1.19. The number of aromatic nitrogens is 2. The zero-order chi connectivity index (χ0) is 97.6. The zero-order valence-corrected chi connectivity index (χ0v) is 77.2. The Hall–Kier alpha value is -12.8. The van der Waals surface area contributed by atoms with Crippen LogP contribution in [0.4, 0.5) is 0 Å². The van der Waals surface area contributed by atoms with Gasteiger partial charge in [0, 0.05) is 120 Å². The SMILES string of the molecule is CCCC[C@H]1C(=O)N(C)[C@@H](CCCC)C(=O)N[C@@H](CCCNC(=N)N)C(=O)N[C@H](C(=O)NCC(N)=O)CSCC(=O)N[C@@H](Cc2ccc(CN)cc2)C(=O)N(C)[C@@H](C)C(=O)N[C@@H](CC(N)=O)C(=O)N2CCC[C@H]2C(=O)N[C@@H](CN)C(=O)N[C@@H](CC(C)C)C(=O)N2C[C@H](O)CC2C(=O)N[C@@H](Cc2c[nH]c3ccccc23)C(=O)N[C@@H](CO)C(=O)N[C@@H](Cc2c[nH]c3ccccc23)C(=O)N1C. The molecule has 8 rings (SSSR count). The lowest BCUT2D eigenvalue weighted by Gasteiger charge is -2.36. The second-order valence-corrected chi connectivity index (χ2v) is 35.3. The van der Waals surface area contributed by atoms with E-state index < -0.39 is 241 Å². The van der Waals surface area contributed by atoms with E-state index in [4.69, 9.17) is 34.1 Å². The molecule has 43 nitrogen and oxygen atoms in total. The van der Waals surface area contributed by atoms with Crippen LogP contribution in [-0.2, 0) is 107 Å². The number of thioether (sulfide) groups is 1. The fourth-order valence-electron chi connectivity index (χ4n) is 16.4. The van der Waals surface area contributed by atoms with Crippen molar-refractivity contribution in [3.63, 3.8) is 0 Å². The van der Waals surface area contributed by atoms with Crippen molar-refractivity contribution in [2.24, 2.45) is 34.6 Å². The highest BCUT2D eigenvalue weighted by Gasteiger charge is 2.47. The van der Waals surface area contributed by atoms with Gasteiger partial charge in [0.2, 0.25) is 100 Å². The number of carbonyl (C=O) groups is 17. The van der Waals surface area contributed by atoms with Gasteiger partial charge in [-0.05, 0) is 92.2 Å². The van der Waals surface area contributed by atoms with Gasteiger partial charge in [-0.15, -0.1) is 11.8 Å². The number of likely N-dealkylation sites (N-methyl/N-ethyl adjacent to an activating group) is 3. The number of primary amides is 2. The molecule has 726 valence electrons. The van der Waals surface area contributed by atoms with Crippen LogP contribution in [0.5, 0.6) is 0 Å². The number of rotatable bonds is 26. The quantitative estimate of drug-likeness (QED) is 0.0142. The van der Waals surface area contributed by atoms with Crippen molar-refractivity contribution in [1.29, 1.82) is 5.41 Å². The summed E-state index contributed by atoms with van der Waals surface area (Å²) in [6.45, 7) is 5.61. The second-order valence-electron chi connectivity index (χ2n) is 34.3. The maximum atomic E-state index is 15.7. The number of benzene rings is 3. The average molecular weight is 1870 g/mol. The number of guanidine groups is 1. The van der Waals surface area contributed by atoms with Crippen molar-refractivity contribution >= 4 is 140 Å². The standard InChI is InChI=1S/C89H130N24O19S/c1-9-11-24-68-81(125)101-59(23-17-31-96-89(94)95)77(121)108-67(76(120)99-43-73(93)117)46-133-47-74(118)100-62(34-50-27-29-51(39-90)30-28-50)84(128)109(6)49(5)75(119)103-64(38-72(92)116)86(130)112-32-18-26-69(112)82(126)106-65(40-91)79(123)104-61(33-48(3)4)87(131)113-44-54(115)37-71(113)83(127)102-60(35-52-41-97-57-21-15-13-19-55(52)57)78(122)107-66(45-114)80(124)105-63(36-53-42-98-58-22-16-14-20-56(53)58)85(129)111(8)70(25-12-10-2)88(132)110(68)7/h13-16,19-22,27-30,41-42,48-49,54,59-71,97-98,114-115H,9-12,17-18,23-26,31-40,43-47,90-91H2,1-8H3,(H2,92,116)(H2,93,117)(H,99,120)(H,100,118)(H,101,125)(H,102,127)(H,103,119)(H,104,123)(H,105,124)(H,106,126)(H,107,122)(H,108,121)(H4,94,95,96)/t49-,54+,59-,60-,61-,62-,63-,64-,65-,66-,67-,68-,69-,70-,71?/m0/s1. The van der Waals surface area contributed by atoms with E-state index in [0.29, 0.717) is 64.2 Å². The van der Waals surface area contributed by atoms with Gasteiger partial charge in [-0.25, -0.2) is 0 Å². The highest BCUT2D eigenvalue weighted by atomic mass is 32.2. The Morgan fingerprint density at radius 2 is 1.05 bits per heavy atom. The van der Waals surface area contributed by atoms with Crippen molar-refractivity contribution in [3.05, 3.63) is 107 Å². The number of hydrogen-bond donors (Lipinski definition) is 21. The minimum absolute atomic E-state index is 0.00750. The molecule has 26 N–H and O–H groups in total. The van der Waals surface area contributed by atoms with E-state index in [9.17, 15) is 58.2 Å². The molecule has 1 unspecified atom stereocenters. The first kappa shape index (κ1) is 106. The Bertz CT molecular complexity index is 4970. The molecule has 2 aromatic heterocycles. The largest absolute Gasteiger partial charge is 0.394 e. The third kappa shape index (κ3) is 29.6. The van der Waals surface area contributed by atoms with Crippen molar-refractivity contribution in [3.8, 4) is 0 Å². The van der Waals surface area contributed by atoms with Crippen LogP contribution in [0, 0.1) is 11.3 Å². The maximum absolute atomic E-state index is 15.7. The first-order valence-electron chi connectivity index (χ1n) is 44.8. The lowest BCUT2D eigenvalue weighted by Crippen LogP contribution is -2.62. The minimum atomic E-state index is -1.89. The van der Waals surface area contributed by atoms with E-state index >= 15 is 33.6 Å². The van der Waals surface area contributed by atoms with E-state index in [1.807, 2.05) is 13.8 Å². The van der Waals surface area contributed by atoms with Crippen LogP contribution < -0.4 is 87.2 Å². The smallest absolute Gasteiger partial charge is 0.246 e. The third-order valence-electron chi connectivity index (χ3n) is 23.9. The van der Waals surface area contributed by atoms with Gasteiger partial charge in [0.15, 0.2) is 5.96 Å². The summed E-state index contributed by atoms with van der Waals surface area (Å²) in [7, 11) is 3.93. The number of nitrogens with zero attached hydrogens (tertiary/aromatic N) is 5. The molecule has 0 aliphatic carbocycles. The van der Waals surface area contributed by atoms with Crippen LogP contribution in [0.1, 0.15) is 140 Å². The summed E-state index contributed by atoms with van der Waals surface area (Å²) in [5.41, 5.74) is 32.4. The van der Waals surface area contributed by atoms with E-state index in [1.54, 1.807) is 99.0 Å². The number of fused-ring (bicyclic) bond motifs is 4. The fourth-order valence-corrected chi connectivity index (χ4v) is 17.2. The van der Waals surface area contributed by atoms with Gasteiger partial charge in [-0.2, -0.15) is 0 Å². The number of aliphatic hydroxyl groups is 2. The lowest BCUT2D eigenvalue weighted by atomic mass is 10.00. The van der Waals surface area contributed by atoms with E-state index in [-0.39, 0.29) is 96.2 Å². The van der Waals surface area contributed by atoms with Gasteiger partial charge < -0.3 is 132 Å². The Morgan fingerprint density at radius 1 is 0.534 bits per heavy atom. The van der Waals surface area contributed by atoms with Crippen molar-refractivity contribution in [2.45, 2.75) is 235 Å². The maximum Gasteiger partial charge on any atom is 0.246 e. The second kappa shape index (κ2) is 50.7. The number of nitrogens with one attached hydrogen (secondary N) is 14. The van der Waals surface area contributed by atoms with Crippen LogP contribution in [0.2, 0.25) is 0 Å². The molecule has 3 fully saturated rings. The molecule has 44 heteroatoms. The van der Waals surface area contributed by atoms with Gasteiger partial charge >= 0.3 is 0 Å². The van der Waals surface area contributed by atoms with Crippen LogP contribution in [-0.4, -0.2) is 314 Å². The molecule has 3 aromatic carbocycles. The number of H-pyrrole nitrogens is 2. The molecule has 15 atom stereocenters. The van der Waals surface area contributed by atoms with Crippen molar-refractivity contribution < 1.29 is 91.7 Å². The molecule has 3 aliphatic rings. The van der Waals surface area contributed by atoms with Crippen LogP contribution >= 0.6 is 11.8 Å². The summed E-state index contributed by atoms with van der Waals surface area (Å²) in [5, 5.41) is 60.5. The van der Waals surface area contributed by atoms with Gasteiger partial charge in [0.25, 0.3) is 0 Å². The molecular formula is C89H130N24O19S.